The number of rotatable bonds is 4. The van der Waals surface area contributed by atoms with Gasteiger partial charge in [0.25, 0.3) is 0 Å². The number of hydrogen-bond donors (Lipinski definition) is 0. The van der Waals surface area contributed by atoms with Crippen LogP contribution >= 0.6 is 0 Å². The molecule has 0 unspecified atom stereocenters. The summed E-state index contributed by atoms with van der Waals surface area (Å²) in [6.07, 6.45) is 2.56. The molecule has 0 aliphatic rings. The van der Waals surface area contributed by atoms with Crippen LogP contribution in [0.3, 0.4) is 0 Å². The van der Waals surface area contributed by atoms with Gasteiger partial charge in [0, 0.05) is 11.8 Å². The van der Waals surface area contributed by atoms with Crippen molar-refractivity contribution in [3.05, 3.63) is 70.9 Å². The largest absolute Gasteiger partial charge is 0.491 e. The minimum Gasteiger partial charge on any atom is -0.491 e. The molecule has 0 spiro atoms. The molecule has 0 atom stereocenters. The molecule has 134 valence electrons. The number of ether oxygens (including phenoxy) is 1. The van der Waals surface area contributed by atoms with Gasteiger partial charge in [0.2, 0.25) is 0 Å². The first kappa shape index (κ1) is 17.8. The Balaban J connectivity index is 2.11. The third kappa shape index (κ3) is 3.36. The van der Waals surface area contributed by atoms with Crippen molar-refractivity contribution in [2.24, 2.45) is 0 Å². The molecule has 26 heavy (non-hydrogen) atoms. The molecule has 0 radical (unpaired) electrons. The molecular weight excluding hydrogens is 359 g/mol. The van der Waals surface area contributed by atoms with E-state index >= 15 is 0 Å². The lowest BCUT2D eigenvalue weighted by Gasteiger charge is -2.11. The van der Waals surface area contributed by atoms with Crippen LogP contribution in [0.25, 0.3) is 16.8 Å². The molecule has 3 rings (SSSR count). The predicted molar refractivity (Wildman–Crippen MR) is 94.9 cm³/mol. The molecule has 8 heteroatoms. The molecule has 1 heterocycles. The van der Waals surface area contributed by atoms with Gasteiger partial charge in [-0.25, -0.2) is 12.8 Å². The summed E-state index contributed by atoms with van der Waals surface area (Å²) < 4.78 is 42.6. The van der Waals surface area contributed by atoms with Crippen LogP contribution < -0.4 is 10.3 Å². The van der Waals surface area contributed by atoms with Gasteiger partial charge in [0.15, 0.2) is 15.6 Å². The maximum absolute atomic E-state index is 13.1. The second kappa shape index (κ2) is 6.72. The summed E-state index contributed by atoms with van der Waals surface area (Å²) in [7, 11) is -1.95. The van der Waals surface area contributed by atoms with E-state index in [4.69, 9.17) is 4.74 Å². The standard InChI is InChI=1S/C18H15FN2O4S/c1-25-17-16(12-3-9-15(10-4-12)26(2,23)24)11-20-21(18(17)22)14-7-5-13(19)6-8-14/h3-11H,1-2H3. The van der Waals surface area contributed by atoms with Gasteiger partial charge in [-0.05, 0) is 42.0 Å². The van der Waals surface area contributed by atoms with E-state index in [1.807, 2.05) is 0 Å². The molecule has 0 aliphatic carbocycles. The van der Waals surface area contributed by atoms with E-state index in [0.29, 0.717) is 16.8 Å². The van der Waals surface area contributed by atoms with Crippen molar-refractivity contribution in [1.82, 2.24) is 9.78 Å². The highest BCUT2D eigenvalue weighted by atomic mass is 32.2. The summed E-state index contributed by atoms with van der Waals surface area (Å²) >= 11 is 0. The van der Waals surface area contributed by atoms with E-state index in [9.17, 15) is 17.6 Å². The van der Waals surface area contributed by atoms with Crippen molar-refractivity contribution in [3.63, 3.8) is 0 Å². The predicted octanol–water partition coefficient (Wildman–Crippen LogP) is 2.45. The summed E-state index contributed by atoms with van der Waals surface area (Å²) in [4.78, 5) is 12.9. The number of halogens is 1. The molecule has 3 aromatic rings. The molecule has 0 amide bonds. The minimum atomic E-state index is -3.32. The van der Waals surface area contributed by atoms with Crippen molar-refractivity contribution < 1.29 is 17.5 Å². The van der Waals surface area contributed by atoms with Crippen molar-refractivity contribution in [2.45, 2.75) is 4.90 Å². The highest BCUT2D eigenvalue weighted by Crippen LogP contribution is 2.27. The van der Waals surface area contributed by atoms with E-state index in [-0.39, 0.29) is 10.6 Å². The fourth-order valence-corrected chi connectivity index (χ4v) is 3.12. The number of nitrogens with zero attached hydrogens (tertiary/aromatic N) is 2. The average molecular weight is 374 g/mol. The van der Waals surface area contributed by atoms with Crippen LogP contribution in [0.5, 0.6) is 5.75 Å². The van der Waals surface area contributed by atoms with Gasteiger partial charge in [0.1, 0.15) is 5.82 Å². The summed E-state index contributed by atoms with van der Waals surface area (Å²) in [6.45, 7) is 0. The third-order valence-electron chi connectivity index (χ3n) is 3.80. The molecule has 0 fully saturated rings. The molecule has 0 aliphatic heterocycles. The number of aromatic nitrogens is 2. The summed E-state index contributed by atoms with van der Waals surface area (Å²) in [5, 5.41) is 4.12. The number of sulfone groups is 1. The zero-order chi connectivity index (χ0) is 18.9. The van der Waals surface area contributed by atoms with Crippen LogP contribution in [0.2, 0.25) is 0 Å². The van der Waals surface area contributed by atoms with Crippen molar-refractivity contribution >= 4 is 9.84 Å². The molecule has 0 bridgehead atoms. The first-order valence-corrected chi connectivity index (χ1v) is 9.43. The van der Waals surface area contributed by atoms with Crippen LogP contribution in [-0.2, 0) is 9.84 Å². The molecule has 0 N–H and O–H groups in total. The van der Waals surface area contributed by atoms with Crippen molar-refractivity contribution in [1.29, 1.82) is 0 Å². The van der Waals surface area contributed by atoms with E-state index in [0.717, 1.165) is 10.9 Å². The summed E-state index contributed by atoms with van der Waals surface area (Å²) in [5.74, 6) is -0.368. The maximum Gasteiger partial charge on any atom is 0.314 e. The van der Waals surface area contributed by atoms with Crippen LogP contribution in [0, 0.1) is 5.82 Å². The Morgan fingerprint density at radius 2 is 1.65 bits per heavy atom. The van der Waals surface area contributed by atoms with Crippen LogP contribution in [0.1, 0.15) is 0 Å². The maximum atomic E-state index is 13.1. The zero-order valence-electron chi connectivity index (χ0n) is 14.0. The Kier molecular flexibility index (Phi) is 4.60. The first-order chi connectivity index (χ1) is 12.3. The Bertz CT molecular complexity index is 1110. The zero-order valence-corrected chi connectivity index (χ0v) is 14.8. The topological polar surface area (TPSA) is 78.3 Å². The van der Waals surface area contributed by atoms with Gasteiger partial charge in [-0.15, -0.1) is 0 Å². The number of hydrogen-bond acceptors (Lipinski definition) is 5. The molecule has 0 saturated carbocycles. The normalized spacial score (nSPS) is 11.3. The summed E-state index contributed by atoms with van der Waals surface area (Å²) in [5.41, 5.74) is 0.901. The molecule has 0 saturated heterocycles. The molecular formula is C18H15FN2O4S. The smallest absolute Gasteiger partial charge is 0.314 e. The SMILES string of the molecule is COc1c(-c2ccc(S(C)(=O)=O)cc2)cnn(-c2ccc(F)cc2)c1=O. The Labute approximate surface area is 149 Å². The van der Waals surface area contributed by atoms with Gasteiger partial charge in [0.05, 0.1) is 23.9 Å². The highest BCUT2D eigenvalue weighted by molar-refractivity contribution is 7.90. The van der Waals surface area contributed by atoms with Crippen LogP contribution in [0.15, 0.2) is 64.4 Å². The second-order valence-corrected chi connectivity index (χ2v) is 7.60. The Hall–Kier alpha value is -3.00. The lowest BCUT2D eigenvalue weighted by Crippen LogP contribution is -2.23. The van der Waals surface area contributed by atoms with E-state index in [1.165, 1.54) is 49.7 Å². The monoisotopic (exact) mass is 374 g/mol. The lowest BCUT2D eigenvalue weighted by atomic mass is 10.1. The van der Waals surface area contributed by atoms with Gasteiger partial charge < -0.3 is 4.74 Å². The van der Waals surface area contributed by atoms with Crippen molar-refractivity contribution in [3.8, 4) is 22.6 Å². The quantitative estimate of drug-likeness (QED) is 0.701. The Morgan fingerprint density at radius 3 is 2.19 bits per heavy atom. The van der Waals surface area contributed by atoms with E-state index in [1.54, 1.807) is 12.1 Å². The highest BCUT2D eigenvalue weighted by Gasteiger charge is 2.16. The minimum absolute atomic E-state index is 0.0523. The number of benzene rings is 2. The first-order valence-electron chi connectivity index (χ1n) is 7.54. The van der Waals surface area contributed by atoms with Crippen LogP contribution in [-0.4, -0.2) is 31.6 Å². The number of methoxy groups -OCH3 is 1. The van der Waals surface area contributed by atoms with E-state index < -0.39 is 21.2 Å². The molecule has 1 aromatic heterocycles. The van der Waals surface area contributed by atoms with Crippen LogP contribution in [0.4, 0.5) is 4.39 Å². The lowest BCUT2D eigenvalue weighted by molar-refractivity contribution is 0.405. The molecule has 6 nitrogen and oxygen atoms in total. The van der Waals surface area contributed by atoms with Gasteiger partial charge in [-0.1, -0.05) is 12.1 Å². The van der Waals surface area contributed by atoms with Gasteiger partial charge >= 0.3 is 5.56 Å². The van der Waals surface area contributed by atoms with E-state index in [2.05, 4.69) is 5.10 Å². The van der Waals surface area contributed by atoms with Gasteiger partial charge in [-0.2, -0.15) is 9.78 Å². The molecule has 2 aromatic carbocycles. The average Bonchev–Trinajstić information content (AvgIpc) is 2.62. The fraction of sp³-hybridized carbons (Fsp3) is 0.111. The summed E-state index contributed by atoms with van der Waals surface area (Å²) in [6, 6.07) is 11.4. The third-order valence-corrected chi connectivity index (χ3v) is 4.93. The fourth-order valence-electron chi connectivity index (χ4n) is 2.49. The van der Waals surface area contributed by atoms with Gasteiger partial charge in [-0.3, -0.25) is 4.79 Å². The van der Waals surface area contributed by atoms with Crippen molar-refractivity contribution in [2.75, 3.05) is 13.4 Å². The second-order valence-electron chi connectivity index (χ2n) is 5.58. The Morgan fingerprint density at radius 1 is 1.04 bits per heavy atom.